The second-order valence-corrected chi connectivity index (χ2v) is 15.4. The van der Waals surface area contributed by atoms with Crippen molar-refractivity contribution in [3.05, 3.63) is 101 Å². The molecule has 2 aromatic carbocycles. The molecule has 0 aliphatic heterocycles. The zero-order chi connectivity index (χ0) is 42.4. The Balaban J connectivity index is 1.47. The number of hydrogen-bond donors (Lipinski definition) is 5. The highest BCUT2D eigenvalue weighted by Gasteiger charge is 2.47. The third-order valence-electron chi connectivity index (χ3n) is 11.2. The van der Waals surface area contributed by atoms with E-state index in [1.807, 2.05) is 13.8 Å². The molecule has 4 unspecified atom stereocenters. The number of nitrogens with one attached hydrogen (secondary N) is 5. The van der Waals surface area contributed by atoms with Gasteiger partial charge in [-0.25, -0.2) is 4.39 Å². The number of alkyl halides is 3. The van der Waals surface area contributed by atoms with Gasteiger partial charge in [0, 0.05) is 47.9 Å². The van der Waals surface area contributed by atoms with Crippen molar-refractivity contribution in [3.63, 3.8) is 0 Å². The Kier molecular flexibility index (Phi) is 13.8. The lowest BCUT2D eigenvalue weighted by Gasteiger charge is -2.40. The predicted octanol–water partition coefficient (Wildman–Crippen LogP) is 6.15. The highest BCUT2D eigenvalue weighted by Crippen LogP contribution is 2.40. The number of nitrogens with zero attached hydrogens (tertiary/aromatic N) is 1. The highest BCUT2D eigenvalue weighted by molar-refractivity contribution is 5.99. The number of benzene rings is 2. The molecule has 0 bridgehead atoms. The molecule has 2 aromatic heterocycles. The summed E-state index contributed by atoms with van der Waals surface area (Å²) in [6, 6.07) is 9.73. The molecular weight excluding hydrogens is 757 g/mol. The minimum absolute atomic E-state index is 0.0280. The van der Waals surface area contributed by atoms with Crippen LogP contribution in [0.15, 0.2) is 67.0 Å². The lowest BCUT2D eigenvalue weighted by Crippen LogP contribution is -2.67. The van der Waals surface area contributed by atoms with Crippen LogP contribution in [0, 0.1) is 17.7 Å². The van der Waals surface area contributed by atoms with Crippen LogP contribution in [0.25, 0.3) is 10.9 Å². The molecule has 6 atom stereocenters. The number of hydrogen-bond acceptors (Lipinski definition) is 6. The lowest BCUT2D eigenvalue weighted by molar-refractivity contribution is -0.139. The summed E-state index contributed by atoms with van der Waals surface area (Å²) < 4.78 is 56.8. The van der Waals surface area contributed by atoms with Crippen LogP contribution in [0.3, 0.4) is 0 Å². The van der Waals surface area contributed by atoms with Crippen LogP contribution >= 0.6 is 0 Å². The molecule has 1 aliphatic carbocycles. The Bertz CT molecular complexity index is 2140. The Morgan fingerprint density at radius 1 is 0.845 bits per heavy atom. The van der Waals surface area contributed by atoms with E-state index in [-0.39, 0.29) is 54.4 Å². The number of aromatic nitrogens is 2. The molecule has 0 radical (unpaired) electrons. The topological polar surface area (TPSA) is 162 Å². The van der Waals surface area contributed by atoms with Crippen molar-refractivity contribution < 1.29 is 41.5 Å². The SMILES string of the molecule is CCC(C)[C@H](NC(=O)Cc1ccccc1F)C(=O)NC1(C(=O)N[C@H](C(=O)NC(C)CC(=O)c2ccncc2)C(C)CC)CCc2[nH]c3c(C(F)(F)F)cccc3c2C1. The number of para-hydroxylation sites is 1. The van der Waals surface area contributed by atoms with E-state index in [1.54, 1.807) is 39.0 Å². The first-order valence-corrected chi connectivity index (χ1v) is 19.6. The van der Waals surface area contributed by atoms with Gasteiger partial charge >= 0.3 is 6.18 Å². The van der Waals surface area contributed by atoms with Gasteiger partial charge < -0.3 is 26.3 Å². The largest absolute Gasteiger partial charge is 0.418 e. The lowest BCUT2D eigenvalue weighted by atomic mass is 9.78. The van der Waals surface area contributed by atoms with E-state index in [2.05, 4.69) is 31.2 Å². The molecule has 310 valence electrons. The summed E-state index contributed by atoms with van der Waals surface area (Å²) in [4.78, 5) is 76.1. The van der Waals surface area contributed by atoms with Crippen molar-refractivity contribution in [2.45, 2.75) is 109 Å². The Morgan fingerprint density at radius 2 is 1.50 bits per heavy atom. The summed E-state index contributed by atoms with van der Waals surface area (Å²) in [5, 5.41) is 11.5. The third kappa shape index (κ3) is 9.91. The van der Waals surface area contributed by atoms with Gasteiger partial charge in [0.1, 0.15) is 23.4 Å². The van der Waals surface area contributed by atoms with Crippen LogP contribution in [0.2, 0.25) is 0 Å². The Labute approximate surface area is 334 Å². The van der Waals surface area contributed by atoms with Crippen LogP contribution in [-0.2, 0) is 44.6 Å². The summed E-state index contributed by atoms with van der Waals surface area (Å²) in [6.07, 6.45) is -1.41. The number of ketones is 1. The molecule has 0 spiro atoms. The van der Waals surface area contributed by atoms with E-state index in [0.29, 0.717) is 29.7 Å². The second kappa shape index (κ2) is 18.3. The predicted molar refractivity (Wildman–Crippen MR) is 210 cm³/mol. The molecule has 2 heterocycles. The number of aromatic amines is 1. The second-order valence-electron chi connectivity index (χ2n) is 15.4. The fourth-order valence-corrected chi connectivity index (χ4v) is 7.42. The van der Waals surface area contributed by atoms with Gasteiger partial charge in [-0.05, 0) is 67.0 Å². The van der Waals surface area contributed by atoms with Crippen molar-refractivity contribution in [1.82, 2.24) is 31.2 Å². The number of aryl methyl sites for hydroxylation is 1. The van der Waals surface area contributed by atoms with Gasteiger partial charge in [0.15, 0.2) is 5.78 Å². The van der Waals surface area contributed by atoms with Gasteiger partial charge in [-0.15, -0.1) is 0 Å². The molecule has 4 aromatic rings. The summed E-state index contributed by atoms with van der Waals surface area (Å²) in [6.45, 7) is 8.82. The molecule has 0 fully saturated rings. The molecular formula is C43H50F4N6O5. The van der Waals surface area contributed by atoms with E-state index in [0.717, 1.165) is 6.07 Å². The first kappa shape index (κ1) is 43.5. The van der Waals surface area contributed by atoms with E-state index < -0.39 is 76.7 Å². The number of Topliss-reactive ketones (excluding diaryl/α,β-unsaturated/α-hetero) is 1. The number of fused-ring (bicyclic) bond motifs is 3. The summed E-state index contributed by atoms with van der Waals surface area (Å²) in [5.41, 5.74) is -1.38. The molecule has 58 heavy (non-hydrogen) atoms. The van der Waals surface area contributed by atoms with Gasteiger partial charge in [-0.3, -0.25) is 29.0 Å². The van der Waals surface area contributed by atoms with Gasteiger partial charge in [0.2, 0.25) is 23.6 Å². The number of H-pyrrole nitrogens is 1. The van der Waals surface area contributed by atoms with E-state index in [1.165, 1.54) is 42.7 Å². The first-order valence-electron chi connectivity index (χ1n) is 19.6. The molecule has 5 N–H and O–H groups in total. The average molecular weight is 807 g/mol. The minimum atomic E-state index is -4.67. The van der Waals surface area contributed by atoms with Crippen LogP contribution < -0.4 is 21.3 Å². The number of halogens is 4. The van der Waals surface area contributed by atoms with Crippen molar-refractivity contribution >= 4 is 40.3 Å². The molecule has 11 nitrogen and oxygen atoms in total. The highest BCUT2D eigenvalue weighted by atomic mass is 19.4. The smallest absolute Gasteiger partial charge is 0.358 e. The van der Waals surface area contributed by atoms with Crippen LogP contribution in [0.4, 0.5) is 17.6 Å². The molecule has 4 amide bonds. The zero-order valence-electron chi connectivity index (χ0n) is 33.2. The average Bonchev–Trinajstić information content (AvgIpc) is 3.56. The minimum Gasteiger partial charge on any atom is -0.358 e. The quantitative estimate of drug-likeness (QED) is 0.0675. The number of carbonyl (C=O) groups is 5. The number of carbonyl (C=O) groups excluding carboxylic acids is 5. The maximum absolute atomic E-state index is 14.8. The van der Waals surface area contributed by atoms with Crippen molar-refractivity contribution in [1.29, 1.82) is 0 Å². The molecule has 0 saturated carbocycles. The molecule has 5 rings (SSSR count). The van der Waals surface area contributed by atoms with Crippen molar-refractivity contribution in [3.8, 4) is 0 Å². The molecule has 1 aliphatic rings. The van der Waals surface area contributed by atoms with E-state index >= 15 is 0 Å². The van der Waals surface area contributed by atoms with Gasteiger partial charge in [-0.2, -0.15) is 13.2 Å². The maximum Gasteiger partial charge on any atom is 0.418 e. The third-order valence-corrected chi connectivity index (χ3v) is 11.2. The van der Waals surface area contributed by atoms with E-state index in [4.69, 9.17) is 0 Å². The Hall–Kier alpha value is -5.60. The van der Waals surface area contributed by atoms with Crippen LogP contribution in [-0.4, -0.2) is 63.0 Å². The van der Waals surface area contributed by atoms with Gasteiger partial charge in [-0.1, -0.05) is 70.9 Å². The Morgan fingerprint density at radius 3 is 2.14 bits per heavy atom. The number of amides is 4. The number of rotatable bonds is 16. The standard InChI is InChI=1S/C43H50F4N6O5/c1-6-24(3)36(39(56)49-26(5)21-34(54)27-16-19-48-20-17-27)52-41(58)42(18-15-33-30(23-42)29-12-10-13-31(38(29)50-33)43(45,46)47)53-40(57)37(25(4)7-2)51-35(55)22-28-11-8-9-14-32(28)44/h8-14,16-17,19-20,24-26,36-37,50H,6-7,15,18,21-23H2,1-5H3,(H,49,56)(H,51,55)(H,52,58)(H,53,57)/t24?,25?,26?,36-,37-,42?/m0/s1. The van der Waals surface area contributed by atoms with Crippen LogP contribution in [0.1, 0.15) is 93.0 Å². The van der Waals surface area contributed by atoms with Crippen molar-refractivity contribution in [2.24, 2.45) is 11.8 Å². The summed E-state index contributed by atoms with van der Waals surface area (Å²) in [5.74, 6) is -4.34. The molecule has 0 saturated heterocycles. The fourth-order valence-electron chi connectivity index (χ4n) is 7.42. The van der Waals surface area contributed by atoms with Crippen LogP contribution in [0.5, 0.6) is 0 Å². The summed E-state index contributed by atoms with van der Waals surface area (Å²) in [7, 11) is 0. The maximum atomic E-state index is 14.8. The van der Waals surface area contributed by atoms with Gasteiger partial charge in [0.05, 0.1) is 17.5 Å². The normalized spacial score (nSPS) is 17.9. The first-order chi connectivity index (χ1) is 27.5. The zero-order valence-corrected chi connectivity index (χ0v) is 33.2. The summed E-state index contributed by atoms with van der Waals surface area (Å²) >= 11 is 0. The monoisotopic (exact) mass is 806 g/mol. The number of pyridine rings is 1. The van der Waals surface area contributed by atoms with Crippen molar-refractivity contribution in [2.75, 3.05) is 0 Å². The van der Waals surface area contributed by atoms with Gasteiger partial charge in [0.25, 0.3) is 0 Å². The fraction of sp³-hybridized carbons (Fsp3) is 0.442. The molecule has 15 heteroatoms. The van der Waals surface area contributed by atoms with E-state index in [9.17, 15) is 41.5 Å².